The zero-order valence-corrected chi connectivity index (χ0v) is 16.5. The van der Waals surface area contributed by atoms with Crippen LogP contribution in [-0.4, -0.2) is 32.5 Å². The van der Waals surface area contributed by atoms with Gasteiger partial charge in [-0.2, -0.15) is 0 Å². The van der Waals surface area contributed by atoms with Crippen LogP contribution in [0.5, 0.6) is 5.75 Å². The van der Waals surface area contributed by atoms with Gasteiger partial charge in [0.1, 0.15) is 5.75 Å². The summed E-state index contributed by atoms with van der Waals surface area (Å²) in [4.78, 5) is 25.9. The van der Waals surface area contributed by atoms with Gasteiger partial charge in [-0.3, -0.25) is 20.4 Å². The second-order valence-electron chi connectivity index (χ2n) is 6.31. The van der Waals surface area contributed by atoms with Crippen LogP contribution in [0.2, 0.25) is 5.02 Å². The molecule has 6 nitrogen and oxygen atoms in total. The fourth-order valence-corrected chi connectivity index (χ4v) is 2.43. The van der Waals surface area contributed by atoms with E-state index in [1.165, 1.54) is 0 Å². The monoisotopic (exact) mass is 389 g/mol. The van der Waals surface area contributed by atoms with Crippen molar-refractivity contribution in [3.05, 3.63) is 58.6 Å². The molecule has 2 N–H and O–H groups in total. The molecule has 0 atom stereocenters. The van der Waals surface area contributed by atoms with Gasteiger partial charge in [-0.25, -0.2) is 0 Å². The second-order valence-corrected chi connectivity index (χ2v) is 6.72. The fraction of sp³-hybridized carbons (Fsp3) is 0.300. The minimum atomic E-state index is -0.361. The summed E-state index contributed by atoms with van der Waals surface area (Å²) in [6, 6.07) is 12.6. The lowest BCUT2D eigenvalue weighted by Crippen LogP contribution is -2.41. The second kappa shape index (κ2) is 9.83. The van der Waals surface area contributed by atoms with Gasteiger partial charge in [-0.15, -0.1) is 0 Å². The Morgan fingerprint density at radius 3 is 2.59 bits per heavy atom. The maximum absolute atomic E-state index is 12.1. The van der Waals surface area contributed by atoms with Crippen molar-refractivity contribution in [2.75, 3.05) is 25.6 Å². The first-order valence-electron chi connectivity index (χ1n) is 8.62. The van der Waals surface area contributed by atoms with Gasteiger partial charge in [0.2, 0.25) is 5.91 Å². The highest BCUT2D eigenvalue weighted by molar-refractivity contribution is 6.31. The Labute approximate surface area is 164 Å². The van der Waals surface area contributed by atoms with Gasteiger partial charge in [0, 0.05) is 36.8 Å². The van der Waals surface area contributed by atoms with Crippen LogP contribution in [0.3, 0.4) is 0 Å². The molecule has 0 aliphatic heterocycles. The zero-order chi connectivity index (χ0) is 19.8. The van der Waals surface area contributed by atoms with Crippen LogP contribution in [-0.2, 0) is 4.79 Å². The maximum Gasteiger partial charge on any atom is 0.269 e. The number of nitrogens with one attached hydrogen (secondary N) is 2. The molecular formula is C20H24ClN3O3. The van der Waals surface area contributed by atoms with E-state index in [2.05, 4.69) is 10.9 Å². The summed E-state index contributed by atoms with van der Waals surface area (Å²) in [5.41, 5.74) is 7.16. The molecule has 0 aromatic heterocycles. The Bertz CT molecular complexity index is 809. The third kappa shape index (κ3) is 6.49. The minimum Gasteiger partial charge on any atom is -0.494 e. The first kappa shape index (κ1) is 20.6. The van der Waals surface area contributed by atoms with Crippen LogP contribution in [0.4, 0.5) is 5.69 Å². The molecule has 0 aliphatic rings. The maximum atomic E-state index is 12.1. The quantitative estimate of drug-likeness (QED) is 0.563. The Balaban J connectivity index is 1.70. The molecule has 2 amide bonds. The summed E-state index contributed by atoms with van der Waals surface area (Å²) in [6.45, 7) is 2.30. The molecule has 27 heavy (non-hydrogen) atoms. The number of hydrogen-bond acceptors (Lipinski definition) is 4. The molecule has 0 radical (unpaired) electrons. The zero-order valence-electron chi connectivity index (χ0n) is 15.7. The first-order chi connectivity index (χ1) is 12.9. The average molecular weight is 390 g/mol. The minimum absolute atomic E-state index is 0.241. The van der Waals surface area contributed by atoms with Crippen molar-refractivity contribution in [3.63, 3.8) is 0 Å². The third-order valence-corrected chi connectivity index (χ3v) is 4.31. The highest BCUT2D eigenvalue weighted by Crippen LogP contribution is 2.21. The van der Waals surface area contributed by atoms with Crippen molar-refractivity contribution in [1.82, 2.24) is 10.9 Å². The van der Waals surface area contributed by atoms with Crippen molar-refractivity contribution < 1.29 is 14.3 Å². The van der Waals surface area contributed by atoms with Crippen molar-refractivity contribution in [2.24, 2.45) is 0 Å². The average Bonchev–Trinajstić information content (AvgIpc) is 2.66. The van der Waals surface area contributed by atoms with E-state index in [0.29, 0.717) is 29.4 Å². The summed E-state index contributed by atoms with van der Waals surface area (Å²) in [6.07, 6.45) is 0.768. The van der Waals surface area contributed by atoms with Crippen LogP contribution in [0.25, 0.3) is 0 Å². The van der Waals surface area contributed by atoms with Crippen LogP contribution >= 0.6 is 11.6 Å². The number of amides is 2. The molecular weight excluding hydrogens is 366 g/mol. The number of anilines is 1. The molecule has 0 heterocycles. The van der Waals surface area contributed by atoms with Gasteiger partial charge in [0.15, 0.2) is 0 Å². The number of halogens is 1. The van der Waals surface area contributed by atoms with Crippen LogP contribution in [0, 0.1) is 6.92 Å². The number of benzene rings is 2. The Morgan fingerprint density at radius 2 is 1.89 bits per heavy atom. The molecule has 0 spiro atoms. The molecule has 0 saturated heterocycles. The topological polar surface area (TPSA) is 70.7 Å². The Kier molecular flexibility index (Phi) is 7.49. The predicted molar refractivity (Wildman–Crippen MR) is 107 cm³/mol. The number of aryl methyl sites for hydroxylation is 1. The summed E-state index contributed by atoms with van der Waals surface area (Å²) < 4.78 is 5.59. The Hall–Kier alpha value is -2.73. The first-order valence-corrected chi connectivity index (χ1v) is 9.00. The molecule has 0 fully saturated rings. The molecule has 144 valence electrons. The summed E-state index contributed by atoms with van der Waals surface area (Å²) in [7, 11) is 3.79. The number of hydrazine groups is 1. The highest BCUT2D eigenvalue weighted by Gasteiger charge is 2.09. The summed E-state index contributed by atoms with van der Waals surface area (Å²) >= 11 is 5.97. The number of rotatable bonds is 7. The van der Waals surface area contributed by atoms with E-state index >= 15 is 0 Å². The fourth-order valence-electron chi connectivity index (χ4n) is 2.32. The molecule has 7 heteroatoms. The van der Waals surface area contributed by atoms with Crippen LogP contribution in [0.15, 0.2) is 42.5 Å². The summed E-state index contributed by atoms with van der Waals surface area (Å²) in [5.74, 6) is 0.0781. The van der Waals surface area contributed by atoms with Gasteiger partial charge < -0.3 is 9.64 Å². The van der Waals surface area contributed by atoms with Gasteiger partial charge >= 0.3 is 0 Å². The number of carbonyl (C=O) groups is 2. The lowest BCUT2D eigenvalue weighted by atomic mass is 10.2. The van der Waals surface area contributed by atoms with Crippen molar-refractivity contribution in [3.8, 4) is 5.75 Å². The number of hydrogen-bond donors (Lipinski definition) is 2. The number of carbonyl (C=O) groups excluding carboxylic acids is 2. The molecule has 0 bridgehead atoms. The highest BCUT2D eigenvalue weighted by atomic mass is 35.5. The van der Waals surface area contributed by atoms with E-state index in [4.69, 9.17) is 16.3 Å². The van der Waals surface area contributed by atoms with Crippen molar-refractivity contribution >= 4 is 29.1 Å². The lowest BCUT2D eigenvalue weighted by Gasteiger charge is -2.13. The SMILES string of the molecule is Cc1cc(OCCCC(=O)NNC(=O)c2cccc(N(C)C)c2)ccc1Cl. The van der Waals surface area contributed by atoms with E-state index < -0.39 is 0 Å². The van der Waals surface area contributed by atoms with Gasteiger partial charge in [-0.05, 0) is 55.3 Å². The van der Waals surface area contributed by atoms with E-state index in [1.54, 1.807) is 30.3 Å². The third-order valence-electron chi connectivity index (χ3n) is 3.89. The number of nitrogens with zero attached hydrogens (tertiary/aromatic N) is 1. The van der Waals surface area contributed by atoms with E-state index in [0.717, 1.165) is 11.3 Å². The van der Waals surface area contributed by atoms with Crippen molar-refractivity contribution in [1.29, 1.82) is 0 Å². The molecule has 2 aromatic carbocycles. The molecule has 2 rings (SSSR count). The van der Waals surface area contributed by atoms with Crippen LogP contribution < -0.4 is 20.5 Å². The molecule has 2 aromatic rings. The van der Waals surface area contributed by atoms with Gasteiger partial charge in [0.25, 0.3) is 5.91 Å². The molecule has 0 saturated carbocycles. The molecule has 0 unspecified atom stereocenters. The smallest absolute Gasteiger partial charge is 0.269 e. The summed E-state index contributed by atoms with van der Waals surface area (Å²) in [5, 5.41) is 0.689. The van der Waals surface area contributed by atoms with Crippen molar-refractivity contribution in [2.45, 2.75) is 19.8 Å². The number of ether oxygens (including phenoxy) is 1. The lowest BCUT2D eigenvalue weighted by molar-refractivity contribution is -0.122. The van der Waals surface area contributed by atoms with Gasteiger partial charge in [-0.1, -0.05) is 17.7 Å². The largest absolute Gasteiger partial charge is 0.494 e. The van der Waals surface area contributed by atoms with Crippen LogP contribution in [0.1, 0.15) is 28.8 Å². The molecule has 0 aliphatic carbocycles. The standard InChI is InChI=1S/C20H24ClN3O3/c1-14-12-17(9-10-18(14)21)27-11-5-8-19(25)22-23-20(26)15-6-4-7-16(13-15)24(2)3/h4,6-7,9-10,12-13H,5,8,11H2,1-3H3,(H,22,25)(H,23,26). The Morgan fingerprint density at radius 1 is 1.11 bits per heavy atom. The predicted octanol–water partition coefficient (Wildman–Crippen LogP) is 3.33. The van der Waals surface area contributed by atoms with E-state index in [1.807, 2.05) is 38.1 Å². The normalized spacial score (nSPS) is 10.2. The van der Waals surface area contributed by atoms with E-state index in [-0.39, 0.29) is 18.2 Å². The van der Waals surface area contributed by atoms with E-state index in [9.17, 15) is 9.59 Å². The van der Waals surface area contributed by atoms with Gasteiger partial charge in [0.05, 0.1) is 6.61 Å².